The van der Waals surface area contributed by atoms with Crippen LogP contribution in [0.1, 0.15) is 40.9 Å². The number of halogens is 2. The minimum atomic E-state index is -2.94. The third kappa shape index (κ3) is 6.36. The standard InChI is InChI=1S/C20H21F2NO4/c1-3-17(14-6-4-13(2)5-7-14)23-18(24)12-26-19(25)15-8-10-16(11-9-15)27-20(21)22/h4-11,17,20H,3,12H2,1-2H3,(H,23,24)/t17-/m1/s1. The van der Waals surface area contributed by atoms with Crippen LogP contribution in [-0.2, 0) is 9.53 Å². The van der Waals surface area contributed by atoms with E-state index in [1.165, 1.54) is 24.3 Å². The number of amides is 1. The molecule has 5 nitrogen and oxygen atoms in total. The summed E-state index contributed by atoms with van der Waals surface area (Å²) in [6, 6.07) is 12.7. The predicted molar refractivity (Wildman–Crippen MR) is 95.7 cm³/mol. The molecule has 2 aromatic carbocycles. The third-order valence-corrected chi connectivity index (χ3v) is 3.87. The Morgan fingerprint density at radius 1 is 1.04 bits per heavy atom. The monoisotopic (exact) mass is 377 g/mol. The second kappa shape index (κ2) is 9.66. The van der Waals surface area contributed by atoms with Gasteiger partial charge in [-0.15, -0.1) is 0 Å². The first-order valence-corrected chi connectivity index (χ1v) is 8.47. The van der Waals surface area contributed by atoms with E-state index < -0.39 is 25.1 Å². The Balaban J connectivity index is 1.86. The molecular weight excluding hydrogens is 356 g/mol. The van der Waals surface area contributed by atoms with Crippen molar-refractivity contribution in [1.29, 1.82) is 0 Å². The molecule has 2 aromatic rings. The third-order valence-electron chi connectivity index (χ3n) is 3.87. The number of esters is 1. The summed E-state index contributed by atoms with van der Waals surface area (Å²) >= 11 is 0. The maximum atomic E-state index is 12.1. The van der Waals surface area contributed by atoms with Gasteiger partial charge in [0.05, 0.1) is 11.6 Å². The smallest absolute Gasteiger partial charge is 0.387 e. The Hall–Kier alpha value is -2.96. The minimum absolute atomic E-state index is 0.0665. The van der Waals surface area contributed by atoms with Gasteiger partial charge >= 0.3 is 12.6 Å². The van der Waals surface area contributed by atoms with Crippen molar-refractivity contribution in [3.63, 3.8) is 0 Å². The number of hydrogen-bond donors (Lipinski definition) is 1. The van der Waals surface area contributed by atoms with Crippen LogP contribution in [-0.4, -0.2) is 25.1 Å². The molecule has 1 amide bonds. The van der Waals surface area contributed by atoms with Gasteiger partial charge in [0.2, 0.25) is 0 Å². The summed E-state index contributed by atoms with van der Waals surface area (Å²) in [5, 5.41) is 2.82. The summed E-state index contributed by atoms with van der Waals surface area (Å²) in [5.41, 5.74) is 2.23. The summed E-state index contributed by atoms with van der Waals surface area (Å²) in [5.74, 6) is -1.21. The molecule has 2 rings (SSSR count). The number of nitrogens with one attached hydrogen (secondary N) is 1. The Kier molecular flexibility index (Phi) is 7.28. The zero-order chi connectivity index (χ0) is 19.8. The molecule has 0 saturated heterocycles. The van der Waals surface area contributed by atoms with Crippen LogP contribution in [0.3, 0.4) is 0 Å². The zero-order valence-corrected chi connectivity index (χ0v) is 15.1. The highest BCUT2D eigenvalue weighted by molar-refractivity contribution is 5.91. The molecule has 0 fully saturated rings. The largest absolute Gasteiger partial charge is 0.452 e. The van der Waals surface area contributed by atoms with Gasteiger partial charge in [-0.25, -0.2) is 4.79 Å². The zero-order valence-electron chi connectivity index (χ0n) is 15.1. The molecule has 1 atom stereocenters. The summed E-state index contributed by atoms with van der Waals surface area (Å²) in [4.78, 5) is 24.0. The van der Waals surface area contributed by atoms with Gasteiger partial charge < -0.3 is 14.8 Å². The fraction of sp³-hybridized carbons (Fsp3) is 0.300. The fourth-order valence-electron chi connectivity index (χ4n) is 2.44. The quantitative estimate of drug-likeness (QED) is 0.706. The van der Waals surface area contributed by atoms with Crippen molar-refractivity contribution in [2.24, 2.45) is 0 Å². The minimum Gasteiger partial charge on any atom is -0.452 e. The number of hydrogen-bond acceptors (Lipinski definition) is 4. The number of carbonyl (C=O) groups excluding carboxylic acids is 2. The highest BCUT2D eigenvalue weighted by atomic mass is 19.3. The van der Waals surface area contributed by atoms with Gasteiger partial charge in [0, 0.05) is 0 Å². The van der Waals surface area contributed by atoms with Crippen LogP contribution in [0.5, 0.6) is 5.75 Å². The second-order valence-corrected chi connectivity index (χ2v) is 5.92. The van der Waals surface area contributed by atoms with Crippen molar-refractivity contribution in [2.45, 2.75) is 32.9 Å². The molecule has 0 aromatic heterocycles. The number of aryl methyl sites for hydroxylation is 1. The molecule has 0 radical (unpaired) electrons. The normalized spacial score (nSPS) is 11.7. The number of rotatable bonds is 8. The lowest BCUT2D eigenvalue weighted by Gasteiger charge is -2.17. The van der Waals surface area contributed by atoms with Gasteiger partial charge in [0.15, 0.2) is 6.61 Å². The molecular formula is C20H21F2NO4. The van der Waals surface area contributed by atoms with Crippen LogP contribution >= 0.6 is 0 Å². The molecule has 0 unspecified atom stereocenters. The van der Waals surface area contributed by atoms with E-state index in [9.17, 15) is 18.4 Å². The van der Waals surface area contributed by atoms with Gasteiger partial charge in [-0.05, 0) is 43.2 Å². The number of carbonyl (C=O) groups is 2. The lowest BCUT2D eigenvalue weighted by molar-refractivity contribution is -0.125. The Morgan fingerprint density at radius 2 is 1.67 bits per heavy atom. The van der Waals surface area contributed by atoms with E-state index >= 15 is 0 Å². The Bertz CT molecular complexity index is 761. The van der Waals surface area contributed by atoms with E-state index in [2.05, 4.69) is 10.1 Å². The van der Waals surface area contributed by atoms with E-state index in [1.807, 2.05) is 38.1 Å². The van der Waals surface area contributed by atoms with Crippen LogP contribution < -0.4 is 10.1 Å². The average molecular weight is 377 g/mol. The lowest BCUT2D eigenvalue weighted by atomic mass is 10.0. The van der Waals surface area contributed by atoms with E-state index in [0.717, 1.165) is 11.1 Å². The topological polar surface area (TPSA) is 64.6 Å². The van der Waals surface area contributed by atoms with Gasteiger partial charge in [0.25, 0.3) is 5.91 Å². The van der Waals surface area contributed by atoms with E-state index in [0.29, 0.717) is 6.42 Å². The van der Waals surface area contributed by atoms with Crippen LogP contribution in [0, 0.1) is 6.92 Å². The summed E-state index contributed by atoms with van der Waals surface area (Å²) in [7, 11) is 0. The summed E-state index contributed by atoms with van der Waals surface area (Å²) in [6.45, 7) is 0.553. The van der Waals surface area contributed by atoms with Crippen molar-refractivity contribution >= 4 is 11.9 Å². The van der Waals surface area contributed by atoms with Crippen LogP contribution in [0.4, 0.5) is 8.78 Å². The maximum Gasteiger partial charge on any atom is 0.387 e. The van der Waals surface area contributed by atoms with Crippen molar-refractivity contribution < 1.29 is 27.8 Å². The first kappa shape index (κ1) is 20.4. The summed E-state index contributed by atoms with van der Waals surface area (Å²) < 4.78 is 33.4. The van der Waals surface area contributed by atoms with Gasteiger partial charge in [-0.1, -0.05) is 36.8 Å². The van der Waals surface area contributed by atoms with Crippen molar-refractivity contribution in [1.82, 2.24) is 5.32 Å². The van der Waals surface area contributed by atoms with Gasteiger partial charge in [0.1, 0.15) is 5.75 Å². The van der Waals surface area contributed by atoms with Crippen molar-refractivity contribution in [3.8, 4) is 5.75 Å². The number of benzene rings is 2. The van der Waals surface area contributed by atoms with Crippen molar-refractivity contribution in [3.05, 3.63) is 65.2 Å². The van der Waals surface area contributed by atoms with Crippen LogP contribution in [0.25, 0.3) is 0 Å². The van der Waals surface area contributed by atoms with Gasteiger partial charge in [-0.2, -0.15) is 8.78 Å². The Morgan fingerprint density at radius 3 is 2.22 bits per heavy atom. The van der Waals surface area contributed by atoms with Crippen LogP contribution in [0.15, 0.2) is 48.5 Å². The molecule has 7 heteroatoms. The Labute approximate surface area is 156 Å². The first-order valence-electron chi connectivity index (χ1n) is 8.47. The van der Waals surface area contributed by atoms with E-state index in [4.69, 9.17) is 4.74 Å². The highest BCUT2D eigenvalue weighted by Crippen LogP contribution is 2.17. The molecule has 0 bridgehead atoms. The molecule has 27 heavy (non-hydrogen) atoms. The first-order chi connectivity index (χ1) is 12.9. The molecule has 0 aliphatic carbocycles. The second-order valence-electron chi connectivity index (χ2n) is 5.92. The summed E-state index contributed by atoms with van der Waals surface area (Å²) in [6.07, 6.45) is 0.689. The predicted octanol–water partition coefficient (Wildman–Crippen LogP) is 4.02. The fourth-order valence-corrected chi connectivity index (χ4v) is 2.44. The molecule has 0 aliphatic rings. The van der Waals surface area contributed by atoms with Crippen LogP contribution in [0.2, 0.25) is 0 Å². The molecule has 0 aliphatic heterocycles. The molecule has 144 valence electrons. The SMILES string of the molecule is CC[C@@H](NC(=O)COC(=O)c1ccc(OC(F)F)cc1)c1ccc(C)cc1. The van der Waals surface area contributed by atoms with Crippen molar-refractivity contribution in [2.75, 3.05) is 6.61 Å². The molecule has 0 saturated carbocycles. The lowest BCUT2D eigenvalue weighted by Crippen LogP contribution is -2.32. The molecule has 1 N–H and O–H groups in total. The van der Waals surface area contributed by atoms with E-state index in [1.54, 1.807) is 0 Å². The highest BCUT2D eigenvalue weighted by Gasteiger charge is 2.15. The van der Waals surface area contributed by atoms with Gasteiger partial charge in [-0.3, -0.25) is 4.79 Å². The number of alkyl halides is 2. The van der Waals surface area contributed by atoms with E-state index in [-0.39, 0.29) is 17.4 Å². The molecule has 0 spiro atoms. The maximum absolute atomic E-state index is 12.1. The number of ether oxygens (including phenoxy) is 2. The average Bonchev–Trinajstić information content (AvgIpc) is 2.65. The molecule has 0 heterocycles.